The third-order valence-electron chi connectivity index (χ3n) is 4.35. The molecule has 0 radical (unpaired) electrons. The van der Waals surface area contributed by atoms with E-state index in [-0.39, 0.29) is 13.6 Å². The summed E-state index contributed by atoms with van der Waals surface area (Å²) in [5.41, 5.74) is 2.80. The zero-order chi connectivity index (χ0) is 18.8. The fourth-order valence-electron chi connectivity index (χ4n) is 2.98. The fourth-order valence-corrected chi connectivity index (χ4v) is 2.98. The Labute approximate surface area is 156 Å². The first-order chi connectivity index (χ1) is 13.1. The van der Waals surface area contributed by atoms with Crippen LogP contribution in [0, 0.1) is 0 Å². The van der Waals surface area contributed by atoms with E-state index in [2.05, 4.69) is 6.58 Å². The minimum Gasteiger partial charge on any atom is -0.465 e. The van der Waals surface area contributed by atoms with E-state index in [1.54, 1.807) is 6.08 Å². The van der Waals surface area contributed by atoms with E-state index in [1.165, 1.54) is 7.11 Å². The first-order valence-electron chi connectivity index (χ1n) is 8.40. The molecule has 138 valence electrons. The van der Waals surface area contributed by atoms with Gasteiger partial charge in [0.25, 0.3) is 0 Å². The topological polar surface area (TPSA) is 63.2 Å². The first-order valence-corrected chi connectivity index (χ1v) is 8.40. The van der Waals surface area contributed by atoms with Gasteiger partial charge in [-0.05, 0) is 53.5 Å². The zero-order valence-corrected chi connectivity index (χ0v) is 14.8. The summed E-state index contributed by atoms with van der Waals surface area (Å²) >= 11 is 0. The predicted molar refractivity (Wildman–Crippen MR) is 98.0 cm³/mol. The van der Waals surface area contributed by atoms with E-state index in [9.17, 15) is 4.79 Å². The van der Waals surface area contributed by atoms with Gasteiger partial charge in [0.05, 0.1) is 12.7 Å². The molecule has 2 aliphatic rings. The molecule has 0 fully saturated rings. The average Bonchev–Trinajstić information content (AvgIpc) is 3.33. The lowest BCUT2D eigenvalue weighted by Gasteiger charge is -2.10. The molecule has 0 atom stereocenters. The minimum atomic E-state index is -0.446. The van der Waals surface area contributed by atoms with Crippen LogP contribution in [0.2, 0.25) is 0 Å². The molecule has 0 bridgehead atoms. The van der Waals surface area contributed by atoms with Crippen molar-refractivity contribution < 1.29 is 28.5 Å². The molecule has 0 amide bonds. The lowest BCUT2D eigenvalue weighted by molar-refractivity contribution is -0.135. The highest BCUT2D eigenvalue weighted by atomic mass is 16.7. The van der Waals surface area contributed by atoms with Crippen LogP contribution in [0.4, 0.5) is 0 Å². The lowest BCUT2D eigenvalue weighted by Crippen LogP contribution is -2.08. The molecular weight excluding hydrogens is 348 g/mol. The maximum absolute atomic E-state index is 12.3. The van der Waals surface area contributed by atoms with Gasteiger partial charge in [0.1, 0.15) is 0 Å². The Balaban J connectivity index is 1.59. The molecule has 0 saturated heterocycles. The second-order valence-corrected chi connectivity index (χ2v) is 6.13. The van der Waals surface area contributed by atoms with Gasteiger partial charge in [-0.25, -0.2) is 4.79 Å². The van der Waals surface area contributed by atoms with Crippen molar-refractivity contribution in [3.05, 3.63) is 65.3 Å². The van der Waals surface area contributed by atoms with Gasteiger partial charge in [0, 0.05) is 0 Å². The van der Waals surface area contributed by atoms with Crippen LogP contribution >= 0.6 is 0 Å². The normalized spacial score (nSPS) is 14.2. The molecule has 6 nitrogen and oxygen atoms in total. The van der Waals surface area contributed by atoms with Gasteiger partial charge in [-0.2, -0.15) is 0 Å². The Morgan fingerprint density at radius 3 is 2.33 bits per heavy atom. The van der Waals surface area contributed by atoms with Crippen LogP contribution < -0.4 is 18.9 Å². The molecule has 0 saturated carbocycles. The van der Waals surface area contributed by atoms with E-state index < -0.39 is 5.97 Å². The highest BCUT2D eigenvalue weighted by Crippen LogP contribution is 2.35. The molecule has 2 heterocycles. The molecule has 0 aromatic heterocycles. The summed E-state index contributed by atoms with van der Waals surface area (Å²) in [7, 11) is 1.35. The van der Waals surface area contributed by atoms with Gasteiger partial charge < -0.3 is 23.7 Å². The second-order valence-electron chi connectivity index (χ2n) is 6.13. The fraction of sp³-hybridized carbons (Fsp3) is 0.190. The maximum Gasteiger partial charge on any atom is 0.338 e. The summed E-state index contributed by atoms with van der Waals surface area (Å²) in [6.07, 6.45) is 2.21. The van der Waals surface area contributed by atoms with Crippen molar-refractivity contribution in [2.24, 2.45) is 0 Å². The monoisotopic (exact) mass is 366 g/mol. The quantitative estimate of drug-likeness (QED) is 0.459. The first kappa shape index (κ1) is 17.0. The van der Waals surface area contributed by atoms with Crippen LogP contribution in [0.3, 0.4) is 0 Å². The van der Waals surface area contributed by atoms with Gasteiger partial charge in [0.15, 0.2) is 23.0 Å². The number of methoxy groups -OCH3 is 1. The number of benzene rings is 2. The van der Waals surface area contributed by atoms with E-state index in [0.717, 1.165) is 11.1 Å². The largest absolute Gasteiger partial charge is 0.465 e. The number of esters is 1. The Bertz CT molecular complexity index is 944. The summed E-state index contributed by atoms with van der Waals surface area (Å²) in [6.45, 7) is 4.50. The molecule has 0 N–H and O–H groups in total. The standard InChI is InChI=1S/C21H18O6/c1-13(7-14-3-5-17-19(9-14)26-11-24-17)16(21(22)23-2)8-15-4-6-18-20(10-15)27-12-25-18/h3-6,8-10H,1,7,11-12H2,2H3/b16-8+. The lowest BCUT2D eigenvalue weighted by atomic mass is 9.97. The molecule has 0 aliphatic carbocycles. The van der Waals surface area contributed by atoms with E-state index >= 15 is 0 Å². The summed E-state index contributed by atoms with van der Waals surface area (Å²) in [5, 5.41) is 0. The zero-order valence-electron chi connectivity index (χ0n) is 14.8. The van der Waals surface area contributed by atoms with Crippen molar-refractivity contribution in [3.63, 3.8) is 0 Å². The Morgan fingerprint density at radius 1 is 1.00 bits per heavy atom. The van der Waals surface area contributed by atoms with Gasteiger partial charge in [-0.15, -0.1) is 0 Å². The Kier molecular flexibility index (Phi) is 4.46. The van der Waals surface area contributed by atoms with Crippen molar-refractivity contribution in [1.82, 2.24) is 0 Å². The van der Waals surface area contributed by atoms with Crippen LogP contribution in [0.15, 0.2) is 54.1 Å². The molecular formula is C21H18O6. The molecule has 0 spiro atoms. The highest BCUT2D eigenvalue weighted by Gasteiger charge is 2.18. The number of carbonyl (C=O) groups is 1. The third-order valence-corrected chi connectivity index (χ3v) is 4.35. The minimum absolute atomic E-state index is 0.198. The smallest absolute Gasteiger partial charge is 0.338 e. The molecule has 6 heteroatoms. The van der Waals surface area contributed by atoms with Crippen molar-refractivity contribution in [2.75, 3.05) is 20.7 Å². The Hall–Kier alpha value is -3.41. The van der Waals surface area contributed by atoms with Crippen molar-refractivity contribution in [2.45, 2.75) is 6.42 Å². The number of carbonyl (C=O) groups excluding carboxylic acids is 1. The van der Waals surface area contributed by atoms with Gasteiger partial charge in [0.2, 0.25) is 13.6 Å². The van der Waals surface area contributed by atoms with E-state index in [1.807, 2.05) is 36.4 Å². The van der Waals surface area contributed by atoms with Crippen LogP contribution in [-0.4, -0.2) is 26.7 Å². The van der Waals surface area contributed by atoms with Gasteiger partial charge in [-0.1, -0.05) is 18.7 Å². The van der Waals surface area contributed by atoms with Crippen LogP contribution in [0.25, 0.3) is 6.08 Å². The van der Waals surface area contributed by atoms with Gasteiger partial charge in [-0.3, -0.25) is 0 Å². The summed E-state index contributed by atoms with van der Waals surface area (Å²) < 4.78 is 26.4. The van der Waals surface area contributed by atoms with E-state index in [4.69, 9.17) is 23.7 Å². The molecule has 2 aliphatic heterocycles. The number of rotatable bonds is 5. The molecule has 2 aromatic carbocycles. The third kappa shape index (κ3) is 3.46. The van der Waals surface area contributed by atoms with Crippen molar-refractivity contribution in [3.8, 4) is 23.0 Å². The van der Waals surface area contributed by atoms with Crippen LogP contribution in [0.1, 0.15) is 11.1 Å². The molecule has 27 heavy (non-hydrogen) atoms. The molecule has 2 aromatic rings. The maximum atomic E-state index is 12.3. The summed E-state index contributed by atoms with van der Waals surface area (Å²) in [4.78, 5) is 12.3. The van der Waals surface area contributed by atoms with Crippen LogP contribution in [-0.2, 0) is 16.0 Å². The molecule has 0 unspecified atom stereocenters. The Morgan fingerprint density at radius 2 is 1.63 bits per heavy atom. The van der Waals surface area contributed by atoms with E-state index in [0.29, 0.717) is 40.6 Å². The second kappa shape index (κ2) is 7.07. The predicted octanol–water partition coefficient (Wildman–Crippen LogP) is 3.50. The summed E-state index contributed by atoms with van der Waals surface area (Å²) in [5.74, 6) is 2.30. The number of hydrogen-bond acceptors (Lipinski definition) is 6. The van der Waals surface area contributed by atoms with Gasteiger partial charge >= 0.3 is 5.97 Å². The van der Waals surface area contributed by atoms with Crippen molar-refractivity contribution >= 4 is 12.0 Å². The average molecular weight is 366 g/mol. The van der Waals surface area contributed by atoms with Crippen LogP contribution in [0.5, 0.6) is 23.0 Å². The number of fused-ring (bicyclic) bond motifs is 2. The SMILES string of the molecule is C=C(Cc1ccc2c(c1)OCO2)/C(=C\c1ccc2c(c1)OCO2)C(=O)OC. The number of ether oxygens (including phenoxy) is 5. The molecule has 4 rings (SSSR count). The van der Waals surface area contributed by atoms with Crippen molar-refractivity contribution in [1.29, 1.82) is 0 Å². The summed E-state index contributed by atoms with van der Waals surface area (Å²) in [6, 6.07) is 11.1. The number of hydrogen-bond donors (Lipinski definition) is 0. The highest BCUT2D eigenvalue weighted by molar-refractivity contribution is 5.98.